The van der Waals surface area contributed by atoms with Crippen molar-refractivity contribution in [2.24, 2.45) is 5.92 Å². The SMILES string of the molecule is Cc1sc2ncnc(N3CCC(C(=O)NCCCCC(=O)O)CC3)c2c1C. The third-order valence-electron chi connectivity index (χ3n) is 5.23. The van der Waals surface area contributed by atoms with Crippen molar-refractivity contribution in [1.29, 1.82) is 0 Å². The van der Waals surface area contributed by atoms with Gasteiger partial charge < -0.3 is 15.3 Å². The Kier molecular flexibility index (Phi) is 6.26. The minimum atomic E-state index is -0.788. The zero-order chi connectivity index (χ0) is 19.4. The Labute approximate surface area is 162 Å². The number of carboxylic acids is 1. The van der Waals surface area contributed by atoms with E-state index in [1.54, 1.807) is 17.7 Å². The van der Waals surface area contributed by atoms with Crippen molar-refractivity contribution in [3.8, 4) is 0 Å². The lowest BCUT2D eigenvalue weighted by Crippen LogP contribution is -2.41. The third-order valence-corrected chi connectivity index (χ3v) is 6.34. The van der Waals surface area contributed by atoms with E-state index in [0.29, 0.717) is 19.4 Å². The van der Waals surface area contributed by atoms with E-state index in [4.69, 9.17) is 5.11 Å². The average Bonchev–Trinajstić information content (AvgIpc) is 2.95. The number of fused-ring (bicyclic) bond motifs is 1. The van der Waals surface area contributed by atoms with Crippen LogP contribution in [-0.4, -0.2) is 46.6 Å². The van der Waals surface area contributed by atoms with Gasteiger partial charge in [0.2, 0.25) is 5.91 Å². The van der Waals surface area contributed by atoms with Crippen LogP contribution in [0, 0.1) is 19.8 Å². The first kappa shape index (κ1) is 19.5. The van der Waals surface area contributed by atoms with Crippen LogP contribution in [0.3, 0.4) is 0 Å². The van der Waals surface area contributed by atoms with Gasteiger partial charge in [-0.05, 0) is 45.1 Å². The predicted octanol–water partition coefficient (Wildman–Crippen LogP) is 2.90. The second kappa shape index (κ2) is 8.65. The molecule has 0 atom stereocenters. The van der Waals surface area contributed by atoms with Crippen LogP contribution in [-0.2, 0) is 9.59 Å². The molecule has 0 aliphatic carbocycles. The molecule has 0 saturated carbocycles. The number of anilines is 1. The van der Waals surface area contributed by atoms with E-state index in [1.165, 1.54) is 10.4 Å². The molecule has 1 aliphatic heterocycles. The monoisotopic (exact) mass is 390 g/mol. The van der Waals surface area contributed by atoms with Gasteiger partial charge in [-0.25, -0.2) is 9.97 Å². The molecule has 0 unspecified atom stereocenters. The number of amides is 1. The summed E-state index contributed by atoms with van der Waals surface area (Å²) < 4.78 is 0. The van der Waals surface area contributed by atoms with Crippen molar-refractivity contribution in [2.45, 2.75) is 46.0 Å². The maximum Gasteiger partial charge on any atom is 0.303 e. The Morgan fingerprint density at radius 3 is 2.70 bits per heavy atom. The molecule has 27 heavy (non-hydrogen) atoms. The number of aromatic nitrogens is 2. The van der Waals surface area contributed by atoms with E-state index in [0.717, 1.165) is 42.0 Å². The molecule has 2 N–H and O–H groups in total. The fraction of sp³-hybridized carbons (Fsp3) is 0.579. The number of aryl methyl sites for hydroxylation is 2. The lowest BCUT2D eigenvalue weighted by atomic mass is 9.95. The zero-order valence-electron chi connectivity index (χ0n) is 15.8. The van der Waals surface area contributed by atoms with Gasteiger partial charge in [0.05, 0.1) is 5.39 Å². The normalized spacial score (nSPS) is 15.3. The smallest absolute Gasteiger partial charge is 0.303 e. The highest BCUT2D eigenvalue weighted by Crippen LogP contribution is 2.35. The van der Waals surface area contributed by atoms with E-state index in [1.807, 2.05) is 0 Å². The first-order valence-electron chi connectivity index (χ1n) is 9.42. The highest BCUT2D eigenvalue weighted by molar-refractivity contribution is 7.18. The Hall–Kier alpha value is -2.22. The zero-order valence-corrected chi connectivity index (χ0v) is 16.6. The number of piperidine rings is 1. The molecule has 3 rings (SSSR count). The number of hydrogen-bond donors (Lipinski definition) is 2. The molecule has 1 aliphatic rings. The number of nitrogens with one attached hydrogen (secondary N) is 1. The van der Waals surface area contributed by atoms with Gasteiger partial charge in [-0.3, -0.25) is 9.59 Å². The number of nitrogens with zero attached hydrogens (tertiary/aromatic N) is 3. The van der Waals surface area contributed by atoms with E-state index in [-0.39, 0.29) is 18.2 Å². The van der Waals surface area contributed by atoms with Crippen LogP contribution in [0.15, 0.2) is 6.33 Å². The fourth-order valence-electron chi connectivity index (χ4n) is 3.51. The maximum atomic E-state index is 12.3. The van der Waals surface area contributed by atoms with Crippen molar-refractivity contribution in [2.75, 3.05) is 24.5 Å². The molecule has 0 spiro atoms. The number of aliphatic carboxylic acids is 1. The maximum absolute atomic E-state index is 12.3. The van der Waals surface area contributed by atoms with Crippen molar-refractivity contribution >= 4 is 39.2 Å². The number of unbranched alkanes of at least 4 members (excludes halogenated alkanes) is 1. The van der Waals surface area contributed by atoms with Crippen molar-refractivity contribution in [3.63, 3.8) is 0 Å². The summed E-state index contributed by atoms with van der Waals surface area (Å²) in [6.07, 6.45) is 4.68. The first-order valence-corrected chi connectivity index (χ1v) is 10.2. The van der Waals surface area contributed by atoms with Gasteiger partial charge in [0.1, 0.15) is 17.0 Å². The van der Waals surface area contributed by atoms with Gasteiger partial charge in [-0.1, -0.05) is 0 Å². The van der Waals surface area contributed by atoms with E-state index in [2.05, 4.69) is 34.0 Å². The van der Waals surface area contributed by atoms with Gasteiger partial charge in [0.15, 0.2) is 0 Å². The highest BCUT2D eigenvalue weighted by atomic mass is 32.1. The Morgan fingerprint density at radius 1 is 1.26 bits per heavy atom. The molecule has 1 amide bonds. The lowest BCUT2D eigenvalue weighted by Gasteiger charge is -2.32. The van der Waals surface area contributed by atoms with Gasteiger partial charge in [-0.15, -0.1) is 11.3 Å². The molecule has 2 aromatic rings. The molecular weight excluding hydrogens is 364 g/mol. The van der Waals surface area contributed by atoms with E-state index >= 15 is 0 Å². The standard InChI is InChI=1S/C19H26N4O3S/c1-12-13(2)27-19-16(12)17(21-11-22-19)23-9-6-14(7-10-23)18(26)20-8-4-3-5-15(24)25/h11,14H,3-10H2,1-2H3,(H,20,26)(H,24,25). The van der Waals surface area contributed by atoms with Crippen molar-refractivity contribution in [3.05, 3.63) is 16.8 Å². The number of carbonyl (C=O) groups excluding carboxylic acids is 1. The number of rotatable bonds is 7. The molecule has 0 aromatic carbocycles. The Balaban J connectivity index is 1.53. The largest absolute Gasteiger partial charge is 0.481 e. The minimum Gasteiger partial charge on any atom is -0.481 e. The molecule has 7 nitrogen and oxygen atoms in total. The van der Waals surface area contributed by atoms with Crippen LogP contribution < -0.4 is 10.2 Å². The summed E-state index contributed by atoms with van der Waals surface area (Å²) in [7, 11) is 0. The molecule has 2 aromatic heterocycles. The van der Waals surface area contributed by atoms with Crippen LogP contribution in [0.1, 0.15) is 42.5 Å². The number of carboxylic acid groups (broad SMARTS) is 1. The summed E-state index contributed by atoms with van der Waals surface area (Å²) in [5, 5.41) is 12.7. The van der Waals surface area contributed by atoms with E-state index in [9.17, 15) is 9.59 Å². The summed E-state index contributed by atoms with van der Waals surface area (Å²) in [5.41, 5.74) is 1.24. The second-order valence-corrected chi connectivity index (χ2v) is 8.27. The third kappa shape index (κ3) is 4.55. The summed E-state index contributed by atoms with van der Waals surface area (Å²) in [4.78, 5) is 36.3. The van der Waals surface area contributed by atoms with Crippen LogP contribution in [0.2, 0.25) is 0 Å². The van der Waals surface area contributed by atoms with E-state index < -0.39 is 5.97 Å². The van der Waals surface area contributed by atoms with Crippen molar-refractivity contribution < 1.29 is 14.7 Å². The van der Waals surface area contributed by atoms with Crippen LogP contribution in [0.5, 0.6) is 0 Å². The minimum absolute atomic E-state index is 0.0170. The molecular formula is C19H26N4O3S. The molecule has 1 saturated heterocycles. The summed E-state index contributed by atoms with van der Waals surface area (Å²) in [5.74, 6) is 0.293. The quantitative estimate of drug-likeness (QED) is 0.706. The highest BCUT2D eigenvalue weighted by Gasteiger charge is 2.27. The van der Waals surface area contributed by atoms with Gasteiger partial charge in [-0.2, -0.15) is 0 Å². The summed E-state index contributed by atoms with van der Waals surface area (Å²) in [6.45, 7) is 6.38. The summed E-state index contributed by atoms with van der Waals surface area (Å²) >= 11 is 1.70. The Morgan fingerprint density at radius 2 is 2.00 bits per heavy atom. The molecule has 146 valence electrons. The topological polar surface area (TPSA) is 95.4 Å². The molecule has 8 heteroatoms. The molecule has 0 bridgehead atoms. The molecule has 3 heterocycles. The average molecular weight is 391 g/mol. The number of thiophene rings is 1. The Bertz CT molecular complexity index is 828. The fourth-order valence-corrected chi connectivity index (χ4v) is 4.51. The summed E-state index contributed by atoms with van der Waals surface area (Å²) in [6, 6.07) is 0. The van der Waals surface area contributed by atoms with Gasteiger partial charge in [0.25, 0.3) is 0 Å². The van der Waals surface area contributed by atoms with Gasteiger partial charge in [0, 0.05) is 36.9 Å². The van der Waals surface area contributed by atoms with Crippen LogP contribution in [0.4, 0.5) is 5.82 Å². The lowest BCUT2D eigenvalue weighted by molar-refractivity contribution is -0.137. The van der Waals surface area contributed by atoms with Crippen LogP contribution >= 0.6 is 11.3 Å². The number of hydrogen-bond acceptors (Lipinski definition) is 6. The van der Waals surface area contributed by atoms with Crippen molar-refractivity contribution in [1.82, 2.24) is 15.3 Å². The molecule has 1 fully saturated rings. The number of carbonyl (C=O) groups is 2. The second-order valence-electron chi connectivity index (χ2n) is 7.06. The van der Waals surface area contributed by atoms with Crippen LogP contribution in [0.25, 0.3) is 10.2 Å². The predicted molar refractivity (Wildman–Crippen MR) is 106 cm³/mol. The first-order chi connectivity index (χ1) is 13.0. The van der Waals surface area contributed by atoms with Gasteiger partial charge >= 0.3 is 5.97 Å². The molecule has 0 radical (unpaired) electrons.